The number of hydrogen-bond acceptors (Lipinski definition) is 4. The molecular formula is C19H26BrN3O3. The van der Waals surface area contributed by atoms with Gasteiger partial charge in [0.1, 0.15) is 0 Å². The van der Waals surface area contributed by atoms with Crippen molar-refractivity contribution >= 4 is 33.4 Å². The Balaban J connectivity index is 1.43. The molecule has 6 nitrogen and oxygen atoms in total. The number of piperidine rings is 1. The van der Waals surface area contributed by atoms with Crippen molar-refractivity contribution in [1.29, 1.82) is 0 Å². The molecule has 1 N–H and O–H groups in total. The molecule has 0 atom stereocenters. The van der Waals surface area contributed by atoms with E-state index in [4.69, 9.17) is 4.74 Å². The van der Waals surface area contributed by atoms with Crippen molar-refractivity contribution < 1.29 is 14.3 Å². The summed E-state index contributed by atoms with van der Waals surface area (Å²) in [5.41, 5.74) is 1.90. The van der Waals surface area contributed by atoms with Crippen LogP contribution >= 0.6 is 15.9 Å². The number of carbonyl (C=O) groups is 2. The maximum absolute atomic E-state index is 12.6. The highest BCUT2D eigenvalue weighted by molar-refractivity contribution is 9.10. The second-order valence-corrected chi connectivity index (χ2v) is 7.85. The molecule has 0 aliphatic carbocycles. The SMILES string of the molecule is Cc1cc(NC(=O)CN2CCC(C(=O)N3CCOCC3)CC2)ccc1Br. The number of anilines is 1. The number of carbonyl (C=O) groups excluding carboxylic acids is 2. The minimum Gasteiger partial charge on any atom is -0.378 e. The topological polar surface area (TPSA) is 61.9 Å². The molecule has 2 saturated heterocycles. The van der Waals surface area contributed by atoms with Gasteiger partial charge >= 0.3 is 0 Å². The summed E-state index contributed by atoms with van der Waals surface area (Å²) in [5, 5.41) is 2.95. The number of ether oxygens (including phenoxy) is 1. The number of aryl methyl sites for hydroxylation is 1. The molecule has 0 aromatic heterocycles. The summed E-state index contributed by atoms with van der Waals surface area (Å²) in [5.74, 6) is 0.328. The smallest absolute Gasteiger partial charge is 0.238 e. The van der Waals surface area contributed by atoms with Crippen LogP contribution in [0, 0.1) is 12.8 Å². The van der Waals surface area contributed by atoms with Crippen LogP contribution in [0.4, 0.5) is 5.69 Å². The Kier molecular flexibility index (Phi) is 6.67. The van der Waals surface area contributed by atoms with E-state index >= 15 is 0 Å². The quantitative estimate of drug-likeness (QED) is 0.806. The minimum absolute atomic E-state index is 0.00956. The summed E-state index contributed by atoms with van der Waals surface area (Å²) in [7, 11) is 0. The van der Waals surface area contributed by atoms with Crippen LogP contribution in [0.3, 0.4) is 0 Å². The van der Waals surface area contributed by atoms with E-state index in [1.54, 1.807) is 0 Å². The van der Waals surface area contributed by atoms with Crippen molar-refractivity contribution in [2.75, 3.05) is 51.3 Å². The summed E-state index contributed by atoms with van der Waals surface area (Å²) in [6, 6.07) is 5.78. The number of hydrogen-bond donors (Lipinski definition) is 1. The van der Waals surface area contributed by atoms with Crippen LogP contribution in [-0.2, 0) is 14.3 Å². The first kappa shape index (κ1) is 19.3. The summed E-state index contributed by atoms with van der Waals surface area (Å²) < 4.78 is 6.34. The molecular weight excluding hydrogens is 398 g/mol. The van der Waals surface area contributed by atoms with Gasteiger partial charge in [-0.25, -0.2) is 0 Å². The molecule has 2 aliphatic rings. The van der Waals surface area contributed by atoms with Crippen LogP contribution in [0.2, 0.25) is 0 Å². The van der Waals surface area contributed by atoms with Crippen LogP contribution in [-0.4, -0.2) is 67.6 Å². The van der Waals surface area contributed by atoms with Crippen molar-refractivity contribution in [3.8, 4) is 0 Å². The number of nitrogens with zero attached hydrogens (tertiary/aromatic N) is 2. The standard InChI is InChI=1S/C19H26BrN3O3/c1-14-12-16(2-3-17(14)20)21-18(24)13-22-6-4-15(5-7-22)19(25)23-8-10-26-11-9-23/h2-3,12,15H,4-11,13H2,1H3,(H,21,24). The number of amides is 2. The fourth-order valence-corrected chi connectivity index (χ4v) is 3.75. The Morgan fingerprint density at radius 1 is 1.19 bits per heavy atom. The molecule has 0 spiro atoms. The van der Waals surface area contributed by atoms with E-state index in [9.17, 15) is 9.59 Å². The molecule has 1 aromatic carbocycles. The molecule has 2 amide bonds. The first-order chi connectivity index (χ1) is 12.5. The zero-order chi connectivity index (χ0) is 18.5. The molecule has 0 saturated carbocycles. The van der Waals surface area contributed by atoms with E-state index < -0.39 is 0 Å². The summed E-state index contributed by atoms with van der Waals surface area (Å²) in [4.78, 5) is 28.9. The van der Waals surface area contributed by atoms with Gasteiger partial charge in [-0.05, 0) is 56.6 Å². The minimum atomic E-state index is -0.00956. The second kappa shape index (κ2) is 8.97. The average Bonchev–Trinajstić information content (AvgIpc) is 2.65. The molecule has 7 heteroatoms. The third-order valence-electron chi connectivity index (χ3n) is 5.07. The Morgan fingerprint density at radius 3 is 2.54 bits per heavy atom. The number of likely N-dealkylation sites (tertiary alicyclic amines) is 1. The first-order valence-electron chi connectivity index (χ1n) is 9.18. The van der Waals surface area contributed by atoms with Gasteiger partial charge in [0.15, 0.2) is 0 Å². The van der Waals surface area contributed by atoms with E-state index in [0.717, 1.165) is 41.7 Å². The molecule has 1 aromatic rings. The Labute approximate surface area is 163 Å². The zero-order valence-electron chi connectivity index (χ0n) is 15.2. The summed E-state index contributed by atoms with van der Waals surface area (Å²) in [6.07, 6.45) is 1.64. The molecule has 2 fully saturated rings. The van der Waals surface area contributed by atoms with Crippen molar-refractivity contribution in [2.45, 2.75) is 19.8 Å². The van der Waals surface area contributed by atoms with Gasteiger partial charge in [-0.2, -0.15) is 0 Å². The van der Waals surface area contributed by atoms with Crippen LogP contribution in [0.15, 0.2) is 22.7 Å². The lowest BCUT2D eigenvalue weighted by Crippen LogP contribution is -2.47. The average molecular weight is 424 g/mol. The highest BCUT2D eigenvalue weighted by Gasteiger charge is 2.29. The molecule has 2 aliphatic heterocycles. The number of morpholine rings is 1. The van der Waals surface area contributed by atoms with Gasteiger partial charge in [0, 0.05) is 29.2 Å². The van der Waals surface area contributed by atoms with Crippen LogP contribution in [0.25, 0.3) is 0 Å². The molecule has 26 heavy (non-hydrogen) atoms. The van der Waals surface area contributed by atoms with Crippen LogP contribution in [0.1, 0.15) is 18.4 Å². The van der Waals surface area contributed by atoms with E-state index in [-0.39, 0.29) is 17.7 Å². The van der Waals surface area contributed by atoms with Crippen molar-refractivity contribution in [2.24, 2.45) is 5.92 Å². The van der Waals surface area contributed by atoms with Crippen molar-refractivity contribution in [1.82, 2.24) is 9.80 Å². The van der Waals surface area contributed by atoms with Gasteiger partial charge in [-0.15, -0.1) is 0 Å². The van der Waals surface area contributed by atoms with Crippen LogP contribution in [0.5, 0.6) is 0 Å². The van der Waals surface area contributed by atoms with Crippen molar-refractivity contribution in [3.63, 3.8) is 0 Å². The summed E-state index contributed by atoms with van der Waals surface area (Å²) in [6.45, 7) is 6.62. The van der Waals surface area contributed by atoms with Crippen molar-refractivity contribution in [3.05, 3.63) is 28.2 Å². The van der Waals surface area contributed by atoms with Crippen LogP contribution < -0.4 is 5.32 Å². The maximum Gasteiger partial charge on any atom is 0.238 e. The Bertz CT molecular complexity index is 653. The van der Waals surface area contributed by atoms with E-state index in [1.807, 2.05) is 30.0 Å². The largest absolute Gasteiger partial charge is 0.378 e. The third-order valence-corrected chi connectivity index (χ3v) is 5.96. The van der Waals surface area contributed by atoms with Gasteiger partial charge in [0.25, 0.3) is 0 Å². The summed E-state index contributed by atoms with van der Waals surface area (Å²) >= 11 is 3.46. The zero-order valence-corrected chi connectivity index (χ0v) is 16.8. The molecule has 0 radical (unpaired) electrons. The Morgan fingerprint density at radius 2 is 1.88 bits per heavy atom. The molecule has 3 rings (SSSR count). The highest BCUT2D eigenvalue weighted by Crippen LogP contribution is 2.22. The fraction of sp³-hybridized carbons (Fsp3) is 0.579. The van der Waals surface area contributed by atoms with Gasteiger partial charge in [0.2, 0.25) is 11.8 Å². The van der Waals surface area contributed by atoms with Gasteiger partial charge < -0.3 is 15.0 Å². The number of halogens is 1. The molecule has 2 heterocycles. The van der Waals surface area contributed by atoms with E-state index in [0.29, 0.717) is 32.8 Å². The van der Waals surface area contributed by atoms with Gasteiger partial charge in [-0.3, -0.25) is 14.5 Å². The lowest BCUT2D eigenvalue weighted by molar-refractivity contribution is -0.141. The molecule has 0 bridgehead atoms. The first-order valence-corrected chi connectivity index (χ1v) is 9.97. The lowest BCUT2D eigenvalue weighted by atomic mass is 9.95. The fourth-order valence-electron chi connectivity index (χ4n) is 3.51. The number of rotatable bonds is 4. The van der Waals surface area contributed by atoms with E-state index in [1.165, 1.54) is 0 Å². The lowest BCUT2D eigenvalue weighted by Gasteiger charge is -2.35. The van der Waals surface area contributed by atoms with E-state index in [2.05, 4.69) is 26.1 Å². The third kappa shape index (κ3) is 5.05. The highest BCUT2D eigenvalue weighted by atomic mass is 79.9. The maximum atomic E-state index is 12.6. The second-order valence-electron chi connectivity index (χ2n) is 7.00. The molecule has 0 unspecified atom stereocenters. The normalized spacial score (nSPS) is 19.4. The predicted octanol–water partition coefficient (Wildman–Crippen LogP) is 2.27. The number of benzene rings is 1. The Hall–Kier alpha value is -1.44. The number of nitrogens with one attached hydrogen (secondary N) is 1. The van der Waals surface area contributed by atoms with Gasteiger partial charge in [-0.1, -0.05) is 15.9 Å². The molecule has 142 valence electrons. The predicted molar refractivity (Wildman–Crippen MR) is 104 cm³/mol. The van der Waals surface area contributed by atoms with Gasteiger partial charge in [0.05, 0.1) is 19.8 Å². The monoisotopic (exact) mass is 423 g/mol.